The summed E-state index contributed by atoms with van der Waals surface area (Å²) in [6, 6.07) is 7.27. The van der Waals surface area contributed by atoms with Crippen molar-refractivity contribution in [1.29, 1.82) is 0 Å². The van der Waals surface area contributed by atoms with Gasteiger partial charge in [0.1, 0.15) is 0 Å². The fraction of sp³-hybridized carbons (Fsp3) is 0.300. The summed E-state index contributed by atoms with van der Waals surface area (Å²) >= 11 is 3.69. The quantitative estimate of drug-likeness (QED) is 0.665. The van der Waals surface area contributed by atoms with Crippen LogP contribution in [0.3, 0.4) is 0 Å². The van der Waals surface area contributed by atoms with Crippen LogP contribution in [0.25, 0.3) is 0 Å². The zero-order valence-corrected chi connectivity index (χ0v) is 8.92. The molecule has 0 bridgehead atoms. The highest BCUT2D eigenvalue weighted by Gasteiger charge is 2.05. The van der Waals surface area contributed by atoms with Gasteiger partial charge in [-0.3, -0.25) is 9.52 Å². The normalized spacial score (nSPS) is 12.2. The Balaban J connectivity index is 2.83. The molecule has 14 heavy (non-hydrogen) atoms. The zero-order valence-electron chi connectivity index (χ0n) is 8.03. The summed E-state index contributed by atoms with van der Waals surface area (Å²) in [7, 11) is 0. The highest BCUT2D eigenvalue weighted by molar-refractivity contribution is 7.78. The van der Waals surface area contributed by atoms with Crippen LogP contribution in [0.1, 0.15) is 35.3 Å². The van der Waals surface area contributed by atoms with Gasteiger partial charge < -0.3 is 5.73 Å². The Morgan fingerprint density at radius 1 is 1.50 bits per heavy atom. The highest BCUT2D eigenvalue weighted by atomic mass is 32.1. The van der Waals surface area contributed by atoms with E-state index in [1.807, 2.05) is 19.1 Å². The van der Waals surface area contributed by atoms with Crippen LogP contribution in [0.15, 0.2) is 24.3 Å². The van der Waals surface area contributed by atoms with Gasteiger partial charge in [0.15, 0.2) is 0 Å². The van der Waals surface area contributed by atoms with Crippen molar-refractivity contribution < 1.29 is 4.79 Å². The van der Waals surface area contributed by atoms with Crippen LogP contribution in [0.5, 0.6) is 0 Å². The zero-order chi connectivity index (χ0) is 10.6. The second-order valence-electron chi connectivity index (χ2n) is 3.08. The van der Waals surface area contributed by atoms with Crippen molar-refractivity contribution in [2.24, 2.45) is 5.73 Å². The largest absolute Gasteiger partial charge is 0.324 e. The molecule has 1 rings (SSSR count). The van der Waals surface area contributed by atoms with Crippen LogP contribution < -0.4 is 10.5 Å². The SMILES string of the molecule is CCC(N)c1ccc(C(=O)NS)cc1. The van der Waals surface area contributed by atoms with Crippen LogP contribution in [0, 0.1) is 0 Å². The molecule has 1 atom stereocenters. The molecule has 1 aromatic rings. The number of hydrogen-bond acceptors (Lipinski definition) is 3. The van der Waals surface area contributed by atoms with E-state index in [1.54, 1.807) is 12.1 Å². The van der Waals surface area contributed by atoms with Crippen LogP contribution in [-0.2, 0) is 0 Å². The van der Waals surface area contributed by atoms with E-state index in [9.17, 15) is 4.79 Å². The third-order valence-corrected chi connectivity index (χ3v) is 2.35. The number of thiol groups is 1. The van der Waals surface area contributed by atoms with Crippen molar-refractivity contribution in [2.45, 2.75) is 19.4 Å². The van der Waals surface area contributed by atoms with Gasteiger partial charge in [-0.05, 0) is 24.1 Å². The molecule has 0 saturated heterocycles. The Hall–Kier alpha value is -1.00. The summed E-state index contributed by atoms with van der Waals surface area (Å²) in [6.07, 6.45) is 0.887. The lowest BCUT2D eigenvalue weighted by atomic mass is 10.0. The molecule has 0 aliphatic rings. The Kier molecular flexibility index (Phi) is 3.98. The summed E-state index contributed by atoms with van der Waals surface area (Å²) in [5.41, 5.74) is 7.47. The van der Waals surface area contributed by atoms with Crippen LogP contribution in [0.4, 0.5) is 0 Å². The van der Waals surface area contributed by atoms with Gasteiger partial charge in [-0.25, -0.2) is 0 Å². The highest BCUT2D eigenvalue weighted by Crippen LogP contribution is 2.14. The van der Waals surface area contributed by atoms with E-state index in [1.165, 1.54) is 0 Å². The Labute approximate surface area is 89.2 Å². The molecule has 0 fully saturated rings. The van der Waals surface area contributed by atoms with E-state index in [0.717, 1.165) is 12.0 Å². The third-order valence-electron chi connectivity index (χ3n) is 2.14. The summed E-state index contributed by atoms with van der Waals surface area (Å²) in [6.45, 7) is 2.03. The monoisotopic (exact) mass is 210 g/mol. The van der Waals surface area contributed by atoms with Crippen molar-refractivity contribution in [1.82, 2.24) is 4.72 Å². The fourth-order valence-corrected chi connectivity index (χ4v) is 1.31. The van der Waals surface area contributed by atoms with Gasteiger partial charge in [0, 0.05) is 11.6 Å². The van der Waals surface area contributed by atoms with Crippen molar-refractivity contribution in [3.05, 3.63) is 35.4 Å². The summed E-state index contributed by atoms with van der Waals surface area (Å²) in [5, 5.41) is 0. The van der Waals surface area contributed by atoms with Gasteiger partial charge in [-0.15, -0.1) is 0 Å². The standard InChI is InChI=1S/C10H14N2OS/c1-2-9(11)7-3-5-8(6-4-7)10(13)12-14/h3-6,9,14H,2,11H2,1H3,(H,12,13). The Morgan fingerprint density at radius 3 is 2.50 bits per heavy atom. The third kappa shape index (κ3) is 2.49. The Morgan fingerprint density at radius 2 is 2.07 bits per heavy atom. The predicted octanol–water partition coefficient (Wildman–Crippen LogP) is 1.67. The number of nitrogens with one attached hydrogen (secondary N) is 1. The first-order valence-corrected chi connectivity index (χ1v) is 4.93. The van der Waals surface area contributed by atoms with Gasteiger partial charge in [-0.2, -0.15) is 0 Å². The second kappa shape index (κ2) is 5.02. The molecule has 0 heterocycles. The molecule has 0 aliphatic heterocycles. The van der Waals surface area contributed by atoms with Gasteiger partial charge in [-0.1, -0.05) is 31.9 Å². The van der Waals surface area contributed by atoms with E-state index in [4.69, 9.17) is 5.73 Å². The molecule has 3 nitrogen and oxygen atoms in total. The van der Waals surface area contributed by atoms with Gasteiger partial charge >= 0.3 is 0 Å². The number of rotatable bonds is 3. The number of carbonyl (C=O) groups excluding carboxylic acids is 1. The minimum Gasteiger partial charge on any atom is -0.324 e. The molecule has 3 N–H and O–H groups in total. The molecule has 1 aromatic carbocycles. The molecule has 76 valence electrons. The molecular formula is C10H14N2OS. The number of nitrogens with two attached hydrogens (primary N) is 1. The first-order chi connectivity index (χ1) is 6.69. The van der Waals surface area contributed by atoms with Crippen LogP contribution >= 0.6 is 12.8 Å². The maximum absolute atomic E-state index is 11.1. The number of amides is 1. The smallest absolute Gasteiger partial charge is 0.260 e. The Bertz CT molecular complexity index is 310. The first kappa shape index (κ1) is 11.1. The van der Waals surface area contributed by atoms with Crippen molar-refractivity contribution >= 4 is 18.7 Å². The second-order valence-corrected chi connectivity index (χ2v) is 3.30. The van der Waals surface area contributed by atoms with E-state index in [2.05, 4.69) is 17.5 Å². The van der Waals surface area contributed by atoms with Gasteiger partial charge in [0.25, 0.3) is 5.91 Å². The molecule has 0 aromatic heterocycles. The number of benzene rings is 1. The lowest BCUT2D eigenvalue weighted by Gasteiger charge is -2.09. The summed E-state index contributed by atoms with van der Waals surface area (Å²) < 4.78 is 2.27. The predicted molar refractivity (Wildman–Crippen MR) is 60.1 cm³/mol. The molecule has 0 aliphatic carbocycles. The van der Waals surface area contributed by atoms with Gasteiger partial charge in [0.2, 0.25) is 0 Å². The van der Waals surface area contributed by atoms with Crippen molar-refractivity contribution in [3.8, 4) is 0 Å². The number of carbonyl (C=O) groups is 1. The molecule has 0 spiro atoms. The van der Waals surface area contributed by atoms with E-state index < -0.39 is 0 Å². The maximum Gasteiger partial charge on any atom is 0.260 e. The molecule has 0 saturated carbocycles. The van der Waals surface area contributed by atoms with E-state index in [0.29, 0.717) is 5.56 Å². The number of hydrogen-bond donors (Lipinski definition) is 3. The lowest BCUT2D eigenvalue weighted by molar-refractivity contribution is 0.0985. The lowest BCUT2D eigenvalue weighted by Crippen LogP contribution is -2.13. The average Bonchev–Trinajstić information content (AvgIpc) is 2.27. The van der Waals surface area contributed by atoms with E-state index >= 15 is 0 Å². The molecule has 1 unspecified atom stereocenters. The van der Waals surface area contributed by atoms with Crippen LogP contribution in [-0.4, -0.2) is 5.91 Å². The van der Waals surface area contributed by atoms with Gasteiger partial charge in [0.05, 0.1) is 0 Å². The average molecular weight is 210 g/mol. The summed E-state index contributed by atoms with van der Waals surface area (Å²) in [4.78, 5) is 11.1. The molecule has 0 radical (unpaired) electrons. The first-order valence-electron chi connectivity index (χ1n) is 4.49. The summed E-state index contributed by atoms with van der Waals surface area (Å²) in [5.74, 6) is -0.204. The molecular weight excluding hydrogens is 196 g/mol. The molecule has 4 heteroatoms. The maximum atomic E-state index is 11.1. The van der Waals surface area contributed by atoms with Crippen molar-refractivity contribution in [2.75, 3.05) is 0 Å². The topological polar surface area (TPSA) is 55.1 Å². The minimum atomic E-state index is -0.204. The van der Waals surface area contributed by atoms with E-state index in [-0.39, 0.29) is 11.9 Å². The fourth-order valence-electron chi connectivity index (χ4n) is 1.18. The van der Waals surface area contributed by atoms with Crippen molar-refractivity contribution in [3.63, 3.8) is 0 Å². The minimum absolute atomic E-state index is 0.0445. The van der Waals surface area contributed by atoms with Crippen LogP contribution in [0.2, 0.25) is 0 Å². The molecule has 1 amide bonds.